The molecule has 0 radical (unpaired) electrons. The lowest BCUT2D eigenvalue weighted by Gasteiger charge is -2.22. The fourth-order valence-electron chi connectivity index (χ4n) is 3.26. The SMILES string of the molecule is O=[N+]([O-])c1cc2c(Nc3ccc(F)c(Cl)c3)ncnc2cc1OCC1CCOCC1. The largest absolute Gasteiger partial charge is 0.486 e. The highest BCUT2D eigenvalue weighted by atomic mass is 35.5. The molecule has 1 saturated heterocycles. The molecule has 0 saturated carbocycles. The quantitative estimate of drug-likeness (QED) is 0.437. The Bertz CT molecular complexity index is 1090. The summed E-state index contributed by atoms with van der Waals surface area (Å²) in [5, 5.41) is 15.0. The zero-order chi connectivity index (χ0) is 21.1. The average molecular weight is 433 g/mol. The number of nitro groups is 1. The molecule has 2 heterocycles. The first-order chi connectivity index (χ1) is 14.5. The summed E-state index contributed by atoms with van der Waals surface area (Å²) in [6.07, 6.45) is 3.06. The molecular formula is C20H18ClFN4O4. The summed E-state index contributed by atoms with van der Waals surface area (Å²) < 4.78 is 24.5. The number of anilines is 2. The summed E-state index contributed by atoms with van der Waals surface area (Å²) in [6, 6.07) is 7.04. The van der Waals surface area contributed by atoms with Gasteiger partial charge in [-0.2, -0.15) is 0 Å². The minimum atomic E-state index is -0.545. The van der Waals surface area contributed by atoms with Gasteiger partial charge in [0.1, 0.15) is 18.0 Å². The third-order valence-electron chi connectivity index (χ3n) is 4.91. The molecule has 2 aromatic carbocycles. The lowest BCUT2D eigenvalue weighted by molar-refractivity contribution is -0.385. The maximum Gasteiger partial charge on any atom is 0.311 e. The van der Waals surface area contributed by atoms with E-state index in [0.717, 1.165) is 12.8 Å². The molecule has 1 aromatic heterocycles. The molecule has 8 nitrogen and oxygen atoms in total. The van der Waals surface area contributed by atoms with E-state index >= 15 is 0 Å². The van der Waals surface area contributed by atoms with Crippen LogP contribution in [0.4, 0.5) is 21.6 Å². The Morgan fingerprint density at radius 3 is 2.80 bits per heavy atom. The number of halogens is 2. The lowest BCUT2D eigenvalue weighted by Crippen LogP contribution is -2.21. The number of ether oxygens (including phenoxy) is 2. The Balaban J connectivity index is 1.65. The zero-order valence-corrected chi connectivity index (χ0v) is 16.6. The van der Waals surface area contributed by atoms with Gasteiger partial charge in [0, 0.05) is 31.0 Å². The van der Waals surface area contributed by atoms with E-state index in [1.54, 1.807) is 0 Å². The van der Waals surface area contributed by atoms with E-state index in [1.165, 1.54) is 36.7 Å². The van der Waals surface area contributed by atoms with Gasteiger partial charge in [0.15, 0.2) is 5.75 Å². The van der Waals surface area contributed by atoms with Crippen molar-refractivity contribution in [3.05, 3.63) is 57.6 Å². The van der Waals surface area contributed by atoms with Crippen LogP contribution >= 0.6 is 11.6 Å². The first kappa shape index (κ1) is 20.2. The van der Waals surface area contributed by atoms with Gasteiger partial charge in [0.05, 0.1) is 27.5 Å². The highest BCUT2D eigenvalue weighted by Gasteiger charge is 2.22. The van der Waals surface area contributed by atoms with E-state index in [0.29, 0.717) is 48.1 Å². The van der Waals surface area contributed by atoms with Gasteiger partial charge in [-0.25, -0.2) is 14.4 Å². The van der Waals surface area contributed by atoms with Crippen molar-refractivity contribution >= 4 is 39.7 Å². The lowest BCUT2D eigenvalue weighted by atomic mass is 10.0. The van der Waals surface area contributed by atoms with Gasteiger partial charge in [-0.3, -0.25) is 10.1 Å². The van der Waals surface area contributed by atoms with Gasteiger partial charge in [-0.15, -0.1) is 0 Å². The fourth-order valence-corrected chi connectivity index (χ4v) is 3.44. The van der Waals surface area contributed by atoms with Gasteiger partial charge in [0.2, 0.25) is 0 Å². The first-order valence-electron chi connectivity index (χ1n) is 9.37. The Hall–Kier alpha value is -3.04. The molecule has 0 spiro atoms. The monoisotopic (exact) mass is 432 g/mol. The van der Waals surface area contributed by atoms with Crippen molar-refractivity contribution in [3.8, 4) is 5.75 Å². The Morgan fingerprint density at radius 1 is 1.27 bits per heavy atom. The maximum absolute atomic E-state index is 13.4. The zero-order valence-electron chi connectivity index (χ0n) is 15.8. The summed E-state index contributed by atoms with van der Waals surface area (Å²) in [5.74, 6) is 0.242. The van der Waals surface area contributed by atoms with E-state index in [-0.39, 0.29) is 16.5 Å². The van der Waals surface area contributed by atoms with Crippen LogP contribution in [0.5, 0.6) is 5.75 Å². The molecule has 3 aromatic rings. The molecule has 1 aliphatic heterocycles. The summed E-state index contributed by atoms with van der Waals surface area (Å²) in [7, 11) is 0. The average Bonchev–Trinajstić information content (AvgIpc) is 2.75. The summed E-state index contributed by atoms with van der Waals surface area (Å²) in [5.41, 5.74) is 0.793. The number of nitro benzene ring substituents is 1. The van der Waals surface area contributed by atoms with Crippen molar-refractivity contribution in [2.45, 2.75) is 12.8 Å². The molecule has 0 atom stereocenters. The first-order valence-corrected chi connectivity index (χ1v) is 9.75. The second-order valence-corrected chi connectivity index (χ2v) is 7.34. The molecular weight excluding hydrogens is 415 g/mol. The van der Waals surface area contributed by atoms with Gasteiger partial charge in [-0.1, -0.05) is 11.6 Å². The number of fused-ring (bicyclic) bond motifs is 1. The smallest absolute Gasteiger partial charge is 0.311 e. The van der Waals surface area contributed by atoms with E-state index in [1.807, 2.05) is 0 Å². The molecule has 10 heteroatoms. The summed E-state index contributed by atoms with van der Waals surface area (Å²) in [4.78, 5) is 19.5. The van der Waals surface area contributed by atoms with E-state index in [2.05, 4.69) is 15.3 Å². The van der Waals surface area contributed by atoms with Crippen molar-refractivity contribution in [2.24, 2.45) is 5.92 Å². The molecule has 30 heavy (non-hydrogen) atoms. The van der Waals surface area contributed by atoms with Crippen molar-refractivity contribution in [3.63, 3.8) is 0 Å². The second kappa shape index (κ2) is 8.76. The number of benzene rings is 2. The molecule has 1 aliphatic rings. The van der Waals surface area contributed by atoms with Crippen molar-refractivity contribution in [1.82, 2.24) is 9.97 Å². The highest BCUT2D eigenvalue weighted by molar-refractivity contribution is 6.31. The van der Waals surface area contributed by atoms with Crippen LogP contribution in [0.3, 0.4) is 0 Å². The fraction of sp³-hybridized carbons (Fsp3) is 0.300. The van der Waals surface area contributed by atoms with Crippen molar-refractivity contribution < 1.29 is 18.8 Å². The van der Waals surface area contributed by atoms with Crippen LogP contribution in [0.2, 0.25) is 5.02 Å². The molecule has 156 valence electrons. The van der Waals surface area contributed by atoms with Gasteiger partial charge >= 0.3 is 5.69 Å². The third kappa shape index (κ3) is 4.42. The second-order valence-electron chi connectivity index (χ2n) is 6.94. The van der Waals surface area contributed by atoms with E-state index in [4.69, 9.17) is 21.1 Å². The predicted octanol–water partition coefficient (Wildman–Crippen LogP) is 4.88. The maximum atomic E-state index is 13.4. The highest BCUT2D eigenvalue weighted by Crippen LogP contribution is 2.35. The van der Waals surface area contributed by atoms with E-state index in [9.17, 15) is 14.5 Å². The number of rotatable bonds is 6. The predicted molar refractivity (Wildman–Crippen MR) is 110 cm³/mol. The Labute approximate surface area is 176 Å². The number of nitrogens with zero attached hydrogens (tertiary/aromatic N) is 3. The molecule has 0 unspecified atom stereocenters. The van der Waals surface area contributed by atoms with Crippen LogP contribution in [0, 0.1) is 21.8 Å². The number of hydrogen-bond donors (Lipinski definition) is 1. The van der Waals surface area contributed by atoms with Crippen LogP contribution in [0.25, 0.3) is 10.9 Å². The van der Waals surface area contributed by atoms with Crippen molar-refractivity contribution in [2.75, 3.05) is 25.1 Å². The number of nitrogens with one attached hydrogen (secondary N) is 1. The summed E-state index contributed by atoms with van der Waals surface area (Å²) >= 11 is 5.82. The van der Waals surface area contributed by atoms with Crippen LogP contribution in [-0.4, -0.2) is 34.7 Å². The molecule has 4 rings (SSSR count). The van der Waals surface area contributed by atoms with Gasteiger partial charge < -0.3 is 14.8 Å². The molecule has 1 fully saturated rings. The topological polar surface area (TPSA) is 99.4 Å². The minimum absolute atomic E-state index is 0.0480. The number of aromatic nitrogens is 2. The van der Waals surface area contributed by atoms with Crippen LogP contribution < -0.4 is 10.1 Å². The standard InChI is InChI=1S/C20H18ClFN4O4/c21-15-7-13(1-2-16(15)22)25-20-14-8-18(26(27)28)19(9-17(14)23-11-24-20)30-10-12-3-5-29-6-4-12/h1-2,7-9,11-12H,3-6,10H2,(H,23,24,25). The minimum Gasteiger partial charge on any atom is -0.486 e. The molecule has 0 bridgehead atoms. The van der Waals surface area contributed by atoms with Crippen LogP contribution in [0.15, 0.2) is 36.7 Å². The molecule has 1 N–H and O–H groups in total. The van der Waals surface area contributed by atoms with Gasteiger partial charge in [-0.05, 0) is 37.0 Å². The van der Waals surface area contributed by atoms with Crippen molar-refractivity contribution in [1.29, 1.82) is 0 Å². The summed E-state index contributed by atoms with van der Waals surface area (Å²) in [6.45, 7) is 1.72. The molecule has 0 aliphatic carbocycles. The van der Waals surface area contributed by atoms with Crippen LogP contribution in [-0.2, 0) is 4.74 Å². The normalized spacial score (nSPS) is 14.6. The van der Waals surface area contributed by atoms with E-state index < -0.39 is 10.7 Å². The number of hydrogen-bond acceptors (Lipinski definition) is 7. The molecule has 0 amide bonds. The third-order valence-corrected chi connectivity index (χ3v) is 5.20. The van der Waals surface area contributed by atoms with Crippen LogP contribution in [0.1, 0.15) is 12.8 Å². The Kier molecular flexibility index (Phi) is 5.91. The Morgan fingerprint density at radius 2 is 2.07 bits per heavy atom. The van der Waals surface area contributed by atoms with Gasteiger partial charge in [0.25, 0.3) is 0 Å².